The van der Waals surface area contributed by atoms with Gasteiger partial charge in [0.25, 0.3) is 0 Å². The average Bonchev–Trinajstić information content (AvgIpc) is 3.37. The summed E-state index contributed by atoms with van der Waals surface area (Å²) in [5.41, 5.74) is 2.49. The third-order valence-corrected chi connectivity index (χ3v) is 4.47. The number of carbonyl (C=O) groups is 2. The summed E-state index contributed by atoms with van der Waals surface area (Å²) in [4.78, 5) is 24.6. The van der Waals surface area contributed by atoms with Gasteiger partial charge in [-0.1, -0.05) is 6.07 Å². The molecule has 0 spiro atoms. The smallest absolute Gasteiger partial charge is 0.342 e. The number of aromatic nitrogens is 1. The number of hydrogen-bond acceptors (Lipinski definition) is 5. The number of rotatable bonds is 6. The number of Topliss-reactive ketones (excluding diaryl/α,β-unsaturated/α-hetero) is 1. The van der Waals surface area contributed by atoms with Crippen LogP contribution in [-0.2, 0) is 4.74 Å². The van der Waals surface area contributed by atoms with Gasteiger partial charge in [0, 0.05) is 23.0 Å². The maximum Gasteiger partial charge on any atom is 0.342 e. The van der Waals surface area contributed by atoms with Gasteiger partial charge in [-0.2, -0.15) is 0 Å². The third kappa shape index (κ3) is 3.24. The number of phenolic OH excluding ortho intramolecular Hbond substituents is 1. The lowest BCUT2D eigenvalue weighted by Crippen LogP contribution is -2.15. The van der Waals surface area contributed by atoms with Gasteiger partial charge in [-0.3, -0.25) is 4.79 Å². The lowest BCUT2D eigenvalue weighted by atomic mass is 10.1. The second-order valence-electron chi connectivity index (χ2n) is 6.24. The van der Waals surface area contributed by atoms with Crippen molar-refractivity contribution in [3.8, 4) is 11.5 Å². The molecule has 0 radical (unpaired) electrons. The summed E-state index contributed by atoms with van der Waals surface area (Å²) in [5, 5.41) is 9.98. The van der Waals surface area contributed by atoms with E-state index in [1.54, 1.807) is 6.07 Å². The molecule has 0 atom stereocenters. The molecule has 25 heavy (non-hydrogen) atoms. The Labute approximate surface area is 146 Å². The predicted octanol–water partition coefficient (Wildman–Crippen LogP) is 3.19. The van der Waals surface area contributed by atoms with E-state index in [9.17, 15) is 14.7 Å². The Hall–Kier alpha value is -2.76. The van der Waals surface area contributed by atoms with Crippen LogP contribution in [0.4, 0.5) is 0 Å². The largest absolute Gasteiger partial charge is 0.504 e. The number of ketones is 1. The number of phenols is 1. The molecule has 1 fully saturated rings. The van der Waals surface area contributed by atoms with Crippen molar-refractivity contribution in [1.82, 2.24) is 4.57 Å². The SMILES string of the molecule is COc1cccc(C(=O)OCC(=O)c2cc(C)n(C3CC3)c2C)c1O. The third-order valence-electron chi connectivity index (χ3n) is 4.47. The lowest BCUT2D eigenvalue weighted by Gasteiger charge is -2.09. The van der Waals surface area contributed by atoms with E-state index in [1.807, 2.05) is 19.9 Å². The molecule has 6 heteroatoms. The van der Waals surface area contributed by atoms with Crippen LogP contribution in [0.1, 0.15) is 51.0 Å². The molecule has 1 heterocycles. The molecular formula is C19H21NO5. The predicted molar refractivity (Wildman–Crippen MR) is 91.4 cm³/mol. The van der Waals surface area contributed by atoms with Gasteiger partial charge in [0.15, 0.2) is 18.1 Å². The summed E-state index contributed by atoms with van der Waals surface area (Å²) < 4.78 is 12.2. The maximum absolute atomic E-state index is 12.4. The molecule has 0 amide bonds. The van der Waals surface area contributed by atoms with Crippen LogP contribution in [0.15, 0.2) is 24.3 Å². The molecule has 1 aliphatic carbocycles. The molecule has 0 bridgehead atoms. The van der Waals surface area contributed by atoms with Crippen molar-refractivity contribution < 1.29 is 24.2 Å². The van der Waals surface area contributed by atoms with E-state index in [4.69, 9.17) is 9.47 Å². The van der Waals surface area contributed by atoms with Crippen LogP contribution >= 0.6 is 0 Å². The average molecular weight is 343 g/mol. The number of ether oxygens (including phenoxy) is 2. The van der Waals surface area contributed by atoms with Gasteiger partial charge in [0.05, 0.1) is 7.11 Å². The Kier molecular flexibility index (Phi) is 4.53. The zero-order chi connectivity index (χ0) is 18.1. The fourth-order valence-corrected chi connectivity index (χ4v) is 3.09. The number of nitrogens with zero attached hydrogens (tertiary/aromatic N) is 1. The molecule has 1 saturated carbocycles. The first-order chi connectivity index (χ1) is 11.9. The van der Waals surface area contributed by atoms with Gasteiger partial charge in [-0.05, 0) is 44.9 Å². The fraction of sp³-hybridized carbons (Fsp3) is 0.368. The van der Waals surface area contributed by atoms with Crippen molar-refractivity contribution in [3.05, 3.63) is 46.8 Å². The zero-order valence-corrected chi connectivity index (χ0v) is 14.5. The first-order valence-corrected chi connectivity index (χ1v) is 8.18. The molecule has 6 nitrogen and oxygen atoms in total. The molecule has 3 rings (SSSR count). The van der Waals surface area contributed by atoms with Crippen LogP contribution in [-0.4, -0.2) is 35.1 Å². The fourth-order valence-electron chi connectivity index (χ4n) is 3.09. The van der Waals surface area contributed by atoms with E-state index in [0.717, 1.165) is 24.2 Å². The highest BCUT2D eigenvalue weighted by atomic mass is 16.5. The lowest BCUT2D eigenvalue weighted by molar-refractivity contribution is 0.0471. The molecule has 132 valence electrons. The Balaban J connectivity index is 1.70. The highest BCUT2D eigenvalue weighted by Gasteiger charge is 2.28. The van der Waals surface area contributed by atoms with Crippen molar-refractivity contribution in [2.24, 2.45) is 0 Å². The van der Waals surface area contributed by atoms with E-state index in [1.165, 1.54) is 19.2 Å². The Morgan fingerprint density at radius 2 is 1.96 bits per heavy atom. The van der Waals surface area contributed by atoms with Crippen molar-refractivity contribution in [1.29, 1.82) is 0 Å². The summed E-state index contributed by atoms with van der Waals surface area (Å²) in [6, 6.07) is 6.85. The monoisotopic (exact) mass is 343 g/mol. The molecule has 1 aromatic heterocycles. The Morgan fingerprint density at radius 3 is 2.60 bits per heavy atom. The second-order valence-corrected chi connectivity index (χ2v) is 6.24. The summed E-state index contributed by atoms with van der Waals surface area (Å²) >= 11 is 0. The number of benzene rings is 1. The highest BCUT2D eigenvalue weighted by Crippen LogP contribution is 2.38. The quantitative estimate of drug-likeness (QED) is 0.644. The van der Waals surface area contributed by atoms with Gasteiger partial charge >= 0.3 is 5.97 Å². The summed E-state index contributed by atoms with van der Waals surface area (Å²) in [6.07, 6.45) is 2.27. The number of carbonyl (C=O) groups excluding carboxylic acids is 2. The van der Waals surface area contributed by atoms with Gasteiger partial charge < -0.3 is 19.1 Å². The van der Waals surface area contributed by atoms with Crippen molar-refractivity contribution >= 4 is 11.8 Å². The summed E-state index contributed by atoms with van der Waals surface area (Å²) in [7, 11) is 1.39. The Bertz CT molecular complexity index is 833. The number of aromatic hydroxyl groups is 1. The van der Waals surface area contributed by atoms with E-state index in [2.05, 4.69) is 4.57 Å². The van der Waals surface area contributed by atoms with Gasteiger partial charge in [-0.25, -0.2) is 4.79 Å². The number of hydrogen-bond donors (Lipinski definition) is 1. The van der Waals surface area contributed by atoms with E-state index in [-0.39, 0.29) is 29.5 Å². The molecule has 1 aromatic carbocycles. The first kappa shape index (κ1) is 17.1. The van der Waals surface area contributed by atoms with Gasteiger partial charge in [0.1, 0.15) is 5.56 Å². The normalized spacial score (nSPS) is 13.6. The van der Waals surface area contributed by atoms with Crippen LogP contribution < -0.4 is 4.74 Å². The van der Waals surface area contributed by atoms with Crippen LogP contribution in [0.2, 0.25) is 0 Å². The number of esters is 1. The van der Waals surface area contributed by atoms with Crippen molar-refractivity contribution in [2.45, 2.75) is 32.7 Å². The van der Waals surface area contributed by atoms with Crippen LogP contribution in [0.5, 0.6) is 11.5 Å². The number of methoxy groups -OCH3 is 1. The first-order valence-electron chi connectivity index (χ1n) is 8.18. The summed E-state index contributed by atoms with van der Waals surface area (Å²) in [5.74, 6) is -1.14. The maximum atomic E-state index is 12.4. The zero-order valence-electron chi connectivity index (χ0n) is 14.5. The standard InChI is InChI=1S/C19H21NO5/c1-11-9-15(12(2)20(11)13-7-8-13)16(21)10-25-19(23)14-5-4-6-17(24-3)18(14)22/h4-6,9,13,22H,7-8,10H2,1-3H3. The van der Waals surface area contributed by atoms with Crippen molar-refractivity contribution in [3.63, 3.8) is 0 Å². The minimum atomic E-state index is -0.763. The second kappa shape index (κ2) is 6.63. The molecule has 0 unspecified atom stereocenters. The van der Waals surface area contributed by atoms with Gasteiger partial charge in [0.2, 0.25) is 5.78 Å². The highest BCUT2D eigenvalue weighted by molar-refractivity contribution is 6.01. The van der Waals surface area contributed by atoms with E-state index >= 15 is 0 Å². The number of aryl methyl sites for hydroxylation is 1. The van der Waals surface area contributed by atoms with E-state index in [0.29, 0.717) is 11.6 Å². The minimum Gasteiger partial charge on any atom is -0.504 e. The van der Waals surface area contributed by atoms with Crippen LogP contribution in [0.25, 0.3) is 0 Å². The Morgan fingerprint density at radius 1 is 1.24 bits per heavy atom. The van der Waals surface area contributed by atoms with Crippen molar-refractivity contribution in [2.75, 3.05) is 13.7 Å². The van der Waals surface area contributed by atoms with E-state index < -0.39 is 5.97 Å². The molecule has 0 aliphatic heterocycles. The topological polar surface area (TPSA) is 77.8 Å². The molecule has 1 N–H and O–H groups in total. The van der Waals surface area contributed by atoms with Crippen LogP contribution in [0.3, 0.4) is 0 Å². The molecular weight excluding hydrogens is 322 g/mol. The molecule has 1 aliphatic rings. The minimum absolute atomic E-state index is 0.0318. The molecule has 2 aromatic rings. The van der Waals surface area contributed by atoms with Crippen LogP contribution in [0, 0.1) is 13.8 Å². The van der Waals surface area contributed by atoms with Gasteiger partial charge in [-0.15, -0.1) is 0 Å². The summed E-state index contributed by atoms with van der Waals surface area (Å²) in [6.45, 7) is 3.51. The molecule has 0 saturated heterocycles. The number of para-hydroxylation sites is 1.